The van der Waals surface area contributed by atoms with E-state index in [1.54, 1.807) is 12.4 Å². The molecule has 1 N–H and O–H groups in total. The molecule has 0 aromatic carbocycles. The van der Waals surface area contributed by atoms with Gasteiger partial charge in [0.1, 0.15) is 11.3 Å². The number of carboxylic acid groups (broad SMARTS) is 1. The lowest BCUT2D eigenvalue weighted by atomic mass is 10.3. The van der Waals surface area contributed by atoms with Crippen LogP contribution in [0, 0.1) is 0 Å². The van der Waals surface area contributed by atoms with Crippen molar-refractivity contribution in [1.82, 2.24) is 14.5 Å². The summed E-state index contributed by atoms with van der Waals surface area (Å²) in [7, 11) is 0. The lowest BCUT2D eigenvalue weighted by molar-refractivity contribution is -0.137. The first-order valence-corrected chi connectivity index (χ1v) is 5.78. The molecule has 1 aliphatic carbocycles. The van der Waals surface area contributed by atoms with E-state index in [1.165, 1.54) is 0 Å². The van der Waals surface area contributed by atoms with Crippen molar-refractivity contribution in [2.45, 2.75) is 31.7 Å². The van der Waals surface area contributed by atoms with E-state index in [4.69, 9.17) is 5.11 Å². The van der Waals surface area contributed by atoms with Crippen molar-refractivity contribution in [1.29, 1.82) is 0 Å². The summed E-state index contributed by atoms with van der Waals surface area (Å²) >= 11 is 0. The zero-order valence-corrected chi connectivity index (χ0v) is 9.33. The van der Waals surface area contributed by atoms with Crippen molar-refractivity contribution < 1.29 is 9.90 Å². The van der Waals surface area contributed by atoms with E-state index in [0.29, 0.717) is 12.5 Å². The van der Waals surface area contributed by atoms with E-state index in [-0.39, 0.29) is 6.42 Å². The highest BCUT2D eigenvalue weighted by Crippen LogP contribution is 2.38. The van der Waals surface area contributed by atoms with E-state index in [2.05, 4.69) is 14.5 Å². The Morgan fingerprint density at radius 1 is 1.53 bits per heavy atom. The number of rotatable bonds is 4. The molecule has 0 aliphatic heterocycles. The van der Waals surface area contributed by atoms with Crippen LogP contribution in [0.4, 0.5) is 0 Å². The number of nitrogens with zero attached hydrogens (tertiary/aromatic N) is 3. The molecule has 88 valence electrons. The van der Waals surface area contributed by atoms with Crippen molar-refractivity contribution in [3.05, 3.63) is 24.3 Å². The summed E-state index contributed by atoms with van der Waals surface area (Å²) in [5.74, 6) is 0.0930. The Balaban J connectivity index is 2.03. The summed E-state index contributed by atoms with van der Waals surface area (Å²) in [5.41, 5.74) is 1.93. The lowest BCUT2D eigenvalue weighted by Gasteiger charge is -2.05. The third-order valence-electron chi connectivity index (χ3n) is 3.04. The number of pyridine rings is 1. The van der Waals surface area contributed by atoms with Gasteiger partial charge in [0.2, 0.25) is 0 Å². The Morgan fingerprint density at radius 2 is 2.35 bits per heavy atom. The second-order valence-corrected chi connectivity index (χ2v) is 4.39. The molecule has 0 unspecified atom stereocenters. The van der Waals surface area contributed by atoms with Crippen molar-refractivity contribution in [2.24, 2.45) is 0 Å². The van der Waals surface area contributed by atoms with Crippen LogP contribution in [-0.4, -0.2) is 25.6 Å². The first-order chi connectivity index (χ1) is 8.25. The number of carboxylic acids is 1. The predicted octanol–water partition coefficient (Wildman–Crippen LogP) is 1.78. The average Bonchev–Trinajstić information content (AvgIpc) is 3.07. The zero-order chi connectivity index (χ0) is 11.8. The monoisotopic (exact) mass is 231 g/mol. The maximum atomic E-state index is 10.6. The standard InChI is InChI=1S/C12H13N3O2/c16-12(17)4-3-11-14-9-7-13-6-5-10(9)15(11)8-1-2-8/h5-8H,1-4H2,(H,16,17). The van der Waals surface area contributed by atoms with Gasteiger partial charge in [0.15, 0.2) is 0 Å². The molecule has 0 radical (unpaired) electrons. The van der Waals surface area contributed by atoms with Crippen LogP contribution in [-0.2, 0) is 11.2 Å². The van der Waals surface area contributed by atoms with Crippen molar-refractivity contribution in [3.63, 3.8) is 0 Å². The predicted molar refractivity (Wildman–Crippen MR) is 61.8 cm³/mol. The van der Waals surface area contributed by atoms with Gasteiger partial charge in [-0.3, -0.25) is 9.78 Å². The Hall–Kier alpha value is -1.91. The molecule has 2 heterocycles. The van der Waals surface area contributed by atoms with Gasteiger partial charge in [0.25, 0.3) is 0 Å². The first-order valence-electron chi connectivity index (χ1n) is 5.78. The van der Waals surface area contributed by atoms with Gasteiger partial charge in [-0.1, -0.05) is 0 Å². The maximum Gasteiger partial charge on any atom is 0.303 e. The van der Waals surface area contributed by atoms with E-state index < -0.39 is 5.97 Å². The molecule has 17 heavy (non-hydrogen) atoms. The summed E-state index contributed by atoms with van der Waals surface area (Å²) in [5, 5.41) is 8.75. The molecule has 0 amide bonds. The molecular weight excluding hydrogens is 218 g/mol. The summed E-state index contributed by atoms with van der Waals surface area (Å²) in [6.45, 7) is 0. The highest BCUT2D eigenvalue weighted by atomic mass is 16.4. The number of aromatic nitrogens is 3. The van der Waals surface area contributed by atoms with Gasteiger partial charge in [-0.25, -0.2) is 4.98 Å². The average molecular weight is 231 g/mol. The van der Waals surface area contributed by atoms with Gasteiger partial charge in [-0.05, 0) is 18.9 Å². The second-order valence-electron chi connectivity index (χ2n) is 4.39. The number of aryl methyl sites for hydroxylation is 1. The van der Waals surface area contributed by atoms with Crippen LogP contribution in [0.15, 0.2) is 18.5 Å². The molecule has 0 saturated heterocycles. The number of hydrogen-bond acceptors (Lipinski definition) is 3. The fourth-order valence-electron chi connectivity index (χ4n) is 2.14. The maximum absolute atomic E-state index is 10.6. The smallest absolute Gasteiger partial charge is 0.303 e. The third-order valence-corrected chi connectivity index (χ3v) is 3.04. The minimum absolute atomic E-state index is 0.128. The second kappa shape index (κ2) is 3.84. The van der Waals surface area contributed by atoms with Crippen LogP contribution in [0.5, 0.6) is 0 Å². The minimum atomic E-state index is -0.780. The van der Waals surface area contributed by atoms with Crippen molar-refractivity contribution in [2.75, 3.05) is 0 Å². The van der Waals surface area contributed by atoms with E-state index in [9.17, 15) is 4.79 Å². The fraction of sp³-hybridized carbons (Fsp3) is 0.417. The summed E-state index contributed by atoms with van der Waals surface area (Å²) in [6, 6.07) is 2.46. The molecule has 1 fully saturated rings. The molecule has 5 nitrogen and oxygen atoms in total. The Labute approximate surface area is 98.1 Å². The van der Waals surface area contributed by atoms with Crippen LogP contribution in [0.3, 0.4) is 0 Å². The van der Waals surface area contributed by atoms with Gasteiger partial charge in [0, 0.05) is 18.7 Å². The van der Waals surface area contributed by atoms with Crippen molar-refractivity contribution >= 4 is 17.0 Å². The molecule has 0 bridgehead atoms. The molecule has 2 aromatic heterocycles. The quantitative estimate of drug-likeness (QED) is 0.870. The minimum Gasteiger partial charge on any atom is -0.481 e. The van der Waals surface area contributed by atoms with Gasteiger partial charge < -0.3 is 9.67 Å². The third kappa shape index (κ3) is 1.88. The van der Waals surface area contributed by atoms with Crippen LogP contribution in [0.2, 0.25) is 0 Å². The number of aliphatic carboxylic acids is 1. The first kappa shape index (κ1) is 10.3. The Morgan fingerprint density at radius 3 is 3.06 bits per heavy atom. The van der Waals surface area contributed by atoms with E-state index in [0.717, 1.165) is 29.7 Å². The molecule has 0 atom stereocenters. The SMILES string of the molecule is O=C(O)CCc1nc2cnccc2n1C1CC1. The molecule has 1 aliphatic rings. The fourth-order valence-corrected chi connectivity index (χ4v) is 2.14. The van der Waals surface area contributed by atoms with Gasteiger partial charge >= 0.3 is 5.97 Å². The number of carbonyl (C=O) groups is 1. The van der Waals surface area contributed by atoms with Gasteiger partial charge in [-0.2, -0.15) is 0 Å². The van der Waals surface area contributed by atoms with E-state index >= 15 is 0 Å². The normalized spacial score (nSPS) is 15.3. The largest absolute Gasteiger partial charge is 0.481 e. The van der Waals surface area contributed by atoms with E-state index in [1.807, 2.05) is 6.07 Å². The summed E-state index contributed by atoms with van der Waals surface area (Å²) in [4.78, 5) is 19.2. The number of hydrogen-bond donors (Lipinski definition) is 1. The van der Waals surface area contributed by atoms with Crippen LogP contribution >= 0.6 is 0 Å². The zero-order valence-electron chi connectivity index (χ0n) is 9.33. The molecular formula is C12H13N3O2. The van der Waals surface area contributed by atoms with Gasteiger partial charge in [-0.15, -0.1) is 0 Å². The Bertz CT molecular complexity index is 572. The molecule has 1 saturated carbocycles. The molecule has 3 rings (SSSR count). The van der Waals surface area contributed by atoms with Crippen LogP contribution in [0.1, 0.15) is 31.1 Å². The van der Waals surface area contributed by atoms with Crippen molar-refractivity contribution in [3.8, 4) is 0 Å². The van der Waals surface area contributed by atoms with Gasteiger partial charge in [0.05, 0.1) is 18.1 Å². The van der Waals surface area contributed by atoms with Crippen LogP contribution in [0.25, 0.3) is 11.0 Å². The topological polar surface area (TPSA) is 68.0 Å². The highest BCUT2D eigenvalue weighted by molar-refractivity contribution is 5.75. The summed E-state index contributed by atoms with van der Waals surface area (Å²) in [6.07, 6.45) is 6.42. The molecule has 5 heteroatoms. The molecule has 0 spiro atoms. The number of imidazole rings is 1. The number of fused-ring (bicyclic) bond motifs is 1. The molecule has 2 aromatic rings. The van der Waals surface area contributed by atoms with Crippen LogP contribution < -0.4 is 0 Å². The highest BCUT2D eigenvalue weighted by Gasteiger charge is 2.28. The lowest BCUT2D eigenvalue weighted by Crippen LogP contribution is -2.05. The Kier molecular flexibility index (Phi) is 2.31. The summed E-state index contributed by atoms with van der Waals surface area (Å²) < 4.78 is 2.18.